The first-order chi connectivity index (χ1) is 9.72. The SMILES string of the molecule is CC(NCC1CCC=CO1)c1ccc2[nH]c(=O)[nH]c2c1. The molecule has 2 heterocycles. The zero-order valence-electron chi connectivity index (χ0n) is 11.5. The lowest BCUT2D eigenvalue weighted by atomic mass is 10.1. The van der Waals surface area contributed by atoms with Gasteiger partial charge in [0, 0.05) is 12.6 Å². The molecule has 0 radical (unpaired) electrons. The molecule has 5 nitrogen and oxygen atoms in total. The molecular weight excluding hydrogens is 254 g/mol. The van der Waals surface area contributed by atoms with E-state index in [0.29, 0.717) is 0 Å². The molecule has 0 spiro atoms. The second kappa shape index (κ2) is 5.54. The highest BCUT2D eigenvalue weighted by molar-refractivity contribution is 5.75. The number of nitrogens with one attached hydrogen (secondary N) is 3. The molecule has 0 aliphatic carbocycles. The highest BCUT2D eigenvalue weighted by Crippen LogP contribution is 2.18. The number of ether oxygens (including phenoxy) is 1. The minimum Gasteiger partial charge on any atom is -0.497 e. The van der Waals surface area contributed by atoms with Crippen LogP contribution in [0.2, 0.25) is 0 Å². The summed E-state index contributed by atoms with van der Waals surface area (Å²) in [7, 11) is 0. The van der Waals surface area contributed by atoms with E-state index in [2.05, 4.69) is 28.3 Å². The minimum atomic E-state index is -0.167. The lowest BCUT2D eigenvalue weighted by Gasteiger charge is -2.22. The Kier molecular flexibility index (Phi) is 3.60. The van der Waals surface area contributed by atoms with Crippen molar-refractivity contribution in [3.8, 4) is 0 Å². The molecule has 1 aliphatic rings. The van der Waals surface area contributed by atoms with E-state index in [-0.39, 0.29) is 17.8 Å². The van der Waals surface area contributed by atoms with E-state index in [4.69, 9.17) is 4.74 Å². The van der Waals surface area contributed by atoms with Crippen LogP contribution in [0.3, 0.4) is 0 Å². The number of hydrogen-bond donors (Lipinski definition) is 3. The molecule has 1 aromatic carbocycles. The van der Waals surface area contributed by atoms with Crippen molar-refractivity contribution in [1.82, 2.24) is 15.3 Å². The quantitative estimate of drug-likeness (QED) is 0.800. The second-order valence-electron chi connectivity index (χ2n) is 5.22. The van der Waals surface area contributed by atoms with E-state index in [1.807, 2.05) is 18.2 Å². The van der Waals surface area contributed by atoms with Crippen LogP contribution in [0.4, 0.5) is 0 Å². The molecule has 20 heavy (non-hydrogen) atoms. The normalized spacial score (nSPS) is 19.9. The first-order valence-electron chi connectivity index (χ1n) is 6.98. The highest BCUT2D eigenvalue weighted by atomic mass is 16.5. The molecule has 0 fully saturated rings. The van der Waals surface area contributed by atoms with Gasteiger partial charge < -0.3 is 20.0 Å². The van der Waals surface area contributed by atoms with E-state index >= 15 is 0 Å². The summed E-state index contributed by atoms with van der Waals surface area (Å²) < 4.78 is 5.54. The van der Waals surface area contributed by atoms with Gasteiger partial charge >= 0.3 is 5.69 Å². The fourth-order valence-corrected chi connectivity index (χ4v) is 2.48. The summed E-state index contributed by atoms with van der Waals surface area (Å²) in [5.41, 5.74) is 2.67. The molecule has 3 N–H and O–H groups in total. The van der Waals surface area contributed by atoms with Gasteiger partial charge in [-0.05, 0) is 43.5 Å². The monoisotopic (exact) mass is 273 g/mol. The van der Waals surface area contributed by atoms with Crippen LogP contribution < -0.4 is 11.0 Å². The van der Waals surface area contributed by atoms with E-state index in [1.165, 1.54) is 0 Å². The summed E-state index contributed by atoms with van der Waals surface area (Å²) in [6.45, 7) is 2.94. The Labute approximate surface area is 117 Å². The molecule has 0 saturated carbocycles. The second-order valence-corrected chi connectivity index (χ2v) is 5.22. The first kappa shape index (κ1) is 13.0. The van der Waals surface area contributed by atoms with Crippen molar-refractivity contribution < 1.29 is 4.74 Å². The largest absolute Gasteiger partial charge is 0.497 e. The molecule has 5 heteroatoms. The lowest BCUT2D eigenvalue weighted by molar-refractivity contribution is 0.120. The van der Waals surface area contributed by atoms with Crippen LogP contribution in [0.5, 0.6) is 0 Å². The van der Waals surface area contributed by atoms with Crippen molar-refractivity contribution >= 4 is 11.0 Å². The Morgan fingerprint density at radius 1 is 1.40 bits per heavy atom. The van der Waals surface area contributed by atoms with Crippen LogP contribution >= 0.6 is 0 Å². The van der Waals surface area contributed by atoms with Crippen LogP contribution in [0.15, 0.2) is 35.3 Å². The molecular formula is C15H19N3O2. The summed E-state index contributed by atoms with van der Waals surface area (Å²) in [5.74, 6) is 0. The molecule has 0 amide bonds. The van der Waals surface area contributed by atoms with E-state index in [0.717, 1.165) is 36.0 Å². The van der Waals surface area contributed by atoms with Gasteiger partial charge in [0.25, 0.3) is 0 Å². The molecule has 3 rings (SSSR count). The third-order valence-corrected chi connectivity index (χ3v) is 3.71. The number of benzene rings is 1. The number of hydrogen-bond acceptors (Lipinski definition) is 3. The average Bonchev–Trinajstić information content (AvgIpc) is 2.85. The fourth-order valence-electron chi connectivity index (χ4n) is 2.48. The molecule has 2 unspecified atom stereocenters. The maximum absolute atomic E-state index is 11.3. The molecule has 106 valence electrons. The summed E-state index contributed by atoms with van der Waals surface area (Å²) >= 11 is 0. The van der Waals surface area contributed by atoms with Gasteiger partial charge in [0.05, 0.1) is 17.3 Å². The smallest absolute Gasteiger partial charge is 0.323 e. The predicted molar refractivity (Wildman–Crippen MR) is 78.6 cm³/mol. The maximum atomic E-state index is 11.3. The number of fused-ring (bicyclic) bond motifs is 1. The lowest BCUT2D eigenvalue weighted by Crippen LogP contribution is -2.31. The topological polar surface area (TPSA) is 69.9 Å². The first-order valence-corrected chi connectivity index (χ1v) is 6.98. The van der Waals surface area contributed by atoms with Gasteiger partial charge in [-0.25, -0.2) is 4.79 Å². The molecule has 2 aromatic rings. The van der Waals surface area contributed by atoms with Gasteiger partial charge in [-0.2, -0.15) is 0 Å². The summed E-state index contributed by atoms with van der Waals surface area (Å²) in [4.78, 5) is 16.8. The van der Waals surface area contributed by atoms with Gasteiger partial charge in [0.1, 0.15) is 6.10 Å². The number of rotatable bonds is 4. The third-order valence-electron chi connectivity index (χ3n) is 3.71. The molecule has 0 saturated heterocycles. The number of aromatic nitrogens is 2. The summed E-state index contributed by atoms with van der Waals surface area (Å²) in [6.07, 6.45) is 6.23. The predicted octanol–water partition coefficient (Wildman–Crippen LogP) is 2.20. The Morgan fingerprint density at radius 3 is 3.05 bits per heavy atom. The van der Waals surface area contributed by atoms with Crippen molar-refractivity contribution in [2.75, 3.05) is 6.54 Å². The highest BCUT2D eigenvalue weighted by Gasteiger charge is 2.13. The van der Waals surface area contributed by atoms with E-state index in [1.54, 1.807) is 6.26 Å². The maximum Gasteiger partial charge on any atom is 0.323 e. The fraction of sp³-hybridized carbons (Fsp3) is 0.400. The number of allylic oxidation sites excluding steroid dienone is 1. The summed E-state index contributed by atoms with van der Waals surface area (Å²) in [6, 6.07) is 6.19. The van der Waals surface area contributed by atoms with Gasteiger partial charge in [0.2, 0.25) is 0 Å². The van der Waals surface area contributed by atoms with Crippen LogP contribution in [0.1, 0.15) is 31.4 Å². The van der Waals surface area contributed by atoms with Gasteiger partial charge in [-0.15, -0.1) is 0 Å². The Hall–Kier alpha value is -2.01. The zero-order valence-corrected chi connectivity index (χ0v) is 11.5. The average molecular weight is 273 g/mol. The molecule has 2 atom stereocenters. The van der Waals surface area contributed by atoms with Gasteiger partial charge in [-0.1, -0.05) is 6.07 Å². The van der Waals surface area contributed by atoms with Crippen molar-refractivity contribution in [2.24, 2.45) is 0 Å². The van der Waals surface area contributed by atoms with Gasteiger partial charge in [0.15, 0.2) is 0 Å². The molecule has 1 aromatic heterocycles. The molecule has 0 bridgehead atoms. The van der Waals surface area contributed by atoms with Crippen molar-refractivity contribution in [1.29, 1.82) is 0 Å². The van der Waals surface area contributed by atoms with Crippen molar-refractivity contribution in [2.45, 2.75) is 31.9 Å². The van der Waals surface area contributed by atoms with Gasteiger partial charge in [-0.3, -0.25) is 0 Å². The molecule has 1 aliphatic heterocycles. The third kappa shape index (κ3) is 2.77. The van der Waals surface area contributed by atoms with Crippen LogP contribution in [-0.2, 0) is 4.74 Å². The van der Waals surface area contributed by atoms with Crippen LogP contribution in [0, 0.1) is 0 Å². The van der Waals surface area contributed by atoms with Crippen molar-refractivity contribution in [3.63, 3.8) is 0 Å². The Balaban J connectivity index is 1.66. The zero-order chi connectivity index (χ0) is 13.9. The Bertz CT molecular complexity index is 671. The summed E-state index contributed by atoms with van der Waals surface area (Å²) in [5, 5.41) is 3.48. The van der Waals surface area contributed by atoms with E-state index < -0.39 is 0 Å². The van der Waals surface area contributed by atoms with E-state index in [9.17, 15) is 4.79 Å². The van der Waals surface area contributed by atoms with Crippen molar-refractivity contribution in [3.05, 3.63) is 46.6 Å². The number of aromatic amines is 2. The Morgan fingerprint density at radius 2 is 2.25 bits per heavy atom. The minimum absolute atomic E-state index is 0.167. The standard InChI is InChI=1S/C15H19N3O2/c1-10(16-9-12-4-2-3-7-20-12)11-5-6-13-14(8-11)18-15(19)17-13/h3,5-8,10,12,16H,2,4,9H2,1H3,(H2,17,18,19). The van der Waals surface area contributed by atoms with Crippen LogP contribution in [0.25, 0.3) is 11.0 Å². The number of imidazole rings is 1. The number of H-pyrrole nitrogens is 2. The van der Waals surface area contributed by atoms with Crippen LogP contribution in [-0.4, -0.2) is 22.6 Å².